The van der Waals surface area contributed by atoms with E-state index in [-0.39, 0.29) is 5.43 Å². The van der Waals surface area contributed by atoms with Crippen LogP contribution in [0.25, 0.3) is 10.9 Å². The van der Waals surface area contributed by atoms with Crippen LogP contribution < -0.4 is 5.43 Å². The number of nitrogens with one attached hydrogen (secondary N) is 1. The summed E-state index contributed by atoms with van der Waals surface area (Å²) in [5.74, 6) is 0. The molecule has 3 heteroatoms. The summed E-state index contributed by atoms with van der Waals surface area (Å²) >= 11 is 0. The molecule has 2 heterocycles. The van der Waals surface area contributed by atoms with Gasteiger partial charge in [-0.15, -0.1) is 0 Å². The van der Waals surface area contributed by atoms with Gasteiger partial charge >= 0.3 is 0 Å². The van der Waals surface area contributed by atoms with Gasteiger partial charge in [0.1, 0.15) is 0 Å². The molecule has 1 N–H and O–H groups in total. The minimum atomic E-state index is 0.192. The summed E-state index contributed by atoms with van der Waals surface area (Å²) in [5, 5.41) is 0.802. The molecule has 0 saturated heterocycles. The average Bonchev–Trinajstić information content (AvgIpc) is 2.68. The number of nitrogens with zero attached hydrogens (tertiary/aromatic N) is 1. The number of benzene rings is 1. The van der Waals surface area contributed by atoms with Crippen molar-refractivity contribution in [3.63, 3.8) is 0 Å². The molecule has 1 aromatic carbocycles. The first-order valence-electron chi connectivity index (χ1n) is 6.10. The standard InChI is InChI=1S/C14H16N2O/c1-3-16-8-11-13(9(16)2)15-12-7-5-4-6-10(12)14(11)17/h4-7,9H,3,8H2,1-2H3,(H,15,17). The Morgan fingerprint density at radius 2 is 2.18 bits per heavy atom. The smallest absolute Gasteiger partial charge is 0.194 e. The van der Waals surface area contributed by atoms with Gasteiger partial charge in [-0.05, 0) is 25.6 Å². The lowest BCUT2D eigenvalue weighted by Crippen LogP contribution is -2.19. The minimum Gasteiger partial charge on any atom is -0.357 e. The average molecular weight is 228 g/mol. The predicted octanol–water partition coefficient (Wildman–Crippen LogP) is 2.42. The summed E-state index contributed by atoms with van der Waals surface area (Å²) < 4.78 is 0. The van der Waals surface area contributed by atoms with Gasteiger partial charge < -0.3 is 4.98 Å². The number of hydrogen-bond acceptors (Lipinski definition) is 2. The lowest BCUT2D eigenvalue weighted by molar-refractivity contribution is 0.240. The molecule has 0 bridgehead atoms. The molecule has 0 saturated carbocycles. The van der Waals surface area contributed by atoms with Gasteiger partial charge in [0.05, 0.1) is 0 Å². The van der Waals surface area contributed by atoms with E-state index in [0.29, 0.717) is 6.04 Å². The van der Waals surface area contributed by atoms with Crippen molar-refractivity contribution in [3.05, 3.63) is 45.7 Å². The third kappa shape index (κ3) is 1.42. The molecule has 1 aromatic heterocycles. The van der Waals surface area contributed by atoms with Gasteiger partial charge in [0.15, 0.2) is 5.43 Å². The SMILES string of the molecule is CCN1Cc2c([nH]c3ccccc3c2=O)C1C. The fourth-order valence-corrected chi connectivity index (χ4v) is 2.72. The van der Waals surface area contributed by atoms with Crippen molar-refractivity contribution < 1.29 is 0 Å². The first-order chi connectivity index (χ1) is 8.22. The van der Waals surface area contributed by atoms with E-state index < -0.39 is 0 Å². The van der Waals surface area contributed by atoms with E-state index in [1.807, 2.05) is 24.3 Å². The van der Waals surface area contributed by atoms with Gasteiger partial charge in [0, 0.05) is 34.7 Å². The Hall–Kier alpha value is -1.61. The number of aromatic nitrogens is 1. The highest BCUT2D eigenvalue weighted by Gasteiger charge is 2.28. The number of hydrogen-bond donors (Lipinski definition) is 1. The van der Waals surface area contributed by atoms with Crippen LogP contribution in [-0.4, -0.2) is 16.4 Å². The fraction of sp³-hybridized carbons (Fsp3) is 0.357. The largest absolute Gasteiger partial charge is 0.357 e. The highest BCUT2D eigenvalue weighted by Crippen LogP contribution is 2.30. The summed E-state index contributed by atoms with van der Waals surface area (Å²) in [5.41, 5.74) is 3.17. The van der Waals surface area contributed by atoms with Crippen LogP contribution in [-0.2, 0) is 6.54 Å². The molecule has 88 valence electrons. The topological polar surface area (TPSA) is 36.1 Å². The maximum atomic E-state index is 12.4. The molecular formula is C14H16N2O. The molecule has 1 unspecified atom stereocenters. The first kappa shape index (κ1) is 10.5. The Kier molecular flexibility index (Phi) is 2.30. The number of pyridine rings is 1. The molecule has 0 amide bonds. The van der Waals surface area contributed by atoms with Gasteiger partial charge in [-0.25, -0.2) is 0 Å². The van der Waals surface area contributed by atoms with Gasteiger partial charge in [-0.2, -0.15) is 0 Å². The Labute approximate surface area is 100 Å². The van der Waals surface area contributed by atoms with Gasteiger partial charge in [-0.3, -0.25) is 9.69 Å². The first-order valence-corrected chi connectivity index (χ1v) is 6.10. The van der Waals surface area contributed by atoms with Crippen molar-refractivity contribution in [2.75, 3.05) is 6.54 Å². The molecule has 0 radical (unpaired) electrons. The summed E-state index contributed by atoms with van der Waals surface area (Å²) in [7, 11) is 0. The maximum Gasteiger partial charge on any atom is 0.194 e. The molecule has 1 atom stereocenters. The third-order valence-electron chi connectivity index (χ3n) is 3.77. The third-order valence-corrected chi connectivity index (χ3v) is 3.77. The van der Waals surface area contributed by atoms with E-state index in [4.69, 9.17) is 0 Å². The van der Waals surface area contributed by atoms with Crippen LogP contribution in [0.4, 0.5) is 0 Å². The molecule has 3 nitrogen and oxygen atoms in total. The zero-order chi connectivity index (χ0) is 12.0. The molecule has 0 spiro atoms. The lowest BCUT2D eigenvalue weighted by Gasteiger charge is -2.18. The van der Waals surface area contributed by atoms with Crippen molar-refractivity contribution in [1.82, 2.24) is 9.88 Å². The lowest BCUT2D eigenvalue weighted by atomic mass is 10.1. The zero-order valence-electron chi connectivity index (χ0n) is 10.2. The molecule has 2 aromatic rings. The van der Waals surface area contributed by atoms with Crippen LogP contribution in [0.15, 0.2) is 29.1 Å². The van der Waals surface area contributed by atoms with Crippen LogP contribution in [0, 0.1) is 0 Å². The van der Waals surface area contributed by atoms with Crippen molar-refractivity contribution in [2.24, 2.45) is 0 Å². The zero-order valence-corrected chi connectivity index (χ0v) is 10.2. The quantitative estimate of drug-likeness (QED) is 0.813. The van der Waals surface area contributed by atoms with E-state index in [2.05, 4.69) is 23.7 Å². The van der Waals surface area contributed by atoms with Crippen LogP contribution in [0.2, 0.25) is 0 Å². The van der Waals surface area contributed by atoms with Crippen LogP contribution in [0.1, 0.15) is 31.1 Å². The summed E-state index contributed by atoms with van der Waals surface area (Å²) in [4.78, 5) is 18.1. The van der Waals surface area contributed by atoms with Gasteiger partial charge in [0.2, 0.25) is 0 Å². The van der Waals surface area contributed by atoms with Crippen molar-refractivity contribution >= 4 is 10.9 Å². The molecule has 0 aliphatic carbocycles. The van der Waals surface area contributed by atoms with E-state index in [1.165, 1.54) is 0 Å². The molecular weight excluding hydrogens is 212 g/mol. The Morgan fingerprint density at radius 3 is 2.94 bits per heavy atom. The highest BCUT2D eigenvalue weighted by molar-refractivity contribution is 5.79. The summed E-state index contributed by atoms with van der Waals surface area (Å²) in [6.07, 6.45) is 0. The number of fused-ring (bicyclic) bond motifs is 2. The number of para-hydroxylation sites is 1. The van der Waals surface area contributed by atoms with E-state index in [9.17, 15) is 4.79 Å². The van der Waals surface area contributed by atoms with Crippen molar-refractivity contribution in [2.45, 2.75) is 26.4 Å². The normalized spacial score (nSPS) is 19.8. The van der Waals surface area contributed by atoms with Crippen molar-refractivity contribution in [1.29, 1.82) is 0 Å². The van der Waals surface area contributed by atoms with E-state index in [0.717, 1.165) is 35.2 Å². The summed E-state index contributed by atoms with van der Waals surface area (Å²) in [6.45, 7) is 6.03. The van der Waals surface area contributed by atoms with Crippen LogP contribution in [0.3, 0.4) is 0 Å². The summed E-state index contributed by atoms with van der Waals surface area (Å²) in [6, 6.07) is 8.06. The van der Waals surface area contributed by atoms with E-state index >= 15 is 0 Å². The Bertz CT molecular complexity index is 630. The number of aromatic amines is 1. The van der Waals surface area contributed by atoms with Gasteiger partial charge in [0.25, 0.3) is 0 Å². The Morgan fingerprint density at radius 1 is 1.41 bits per heavy atom. The second-order valence-electron chi connectivity index (χ2n) is 4.63. The second-order valence-corrected chi connectivity index (χ2v) is 4.63. The van der Waals surface area contributed by atoms with E-state index in [1.54, 1.807) is 0 Å². The predicted molar refractivity (Wildman–Crippen MR) is 69.1 cm³/mol. The molecule has 1 aliphatic rings. The number of rotatable bonds is 1. The monoisotopic (exact) mass is 228 g/mol. The highest BCUT2D eigenvalue weighted by atomic mass is 16.1. The molecule has 1 aliphatic heterocycles. The Balaban J connectivity index is 2.31. The van der Waals surface area contributed by atoms with Crippen molar-refractivity contribution in [3.8, 4) is 0 Å². The maximum absolute atomic E-state index is 12.4. The minimum absolute atomic E-state index is 0.192. The molecule has 0 fully saturated rings. The van der Waals surface area contributed by atoms with Crippen LogP contribution >= 0.6 is 0 Å². The molecule has 3 rings (SSSR count). The van der Waals surface area contributed by atoms with Gasteiger partial charge in [-0.1, -0.05) is 19.1 Å². The van der Waals surface area contributed by atoms with Crippen LogP contribution in [0.5, 0.6) is 0 Å². The molecule has 17 heavy (non-hydrogen) atoms. The second kappa shape index (κ2) is 3.70. The number of H-pyrrole nitrogens is 1. The fourth-order valence-electron chi connectivity index (χ4n) is 2.72.